The monoisotopic (exact) mass is 900 g/mol. The number of carbonyl (C=O) groups excluding carboxylic acids is 2. The van der Waals surface area contributed by atoms with Crippen molar-refractivity contribution in [1.29, 1.82) is 0 Å². The van der Waals surface area contributed by atoms with E-state index in [1.807, 2.05) is 0 Å². The first kappa shape index (κ1) is 46.9. The molecule has 5 saturated heterocycles. The lowest BCUT2D eigenvalue weighted by molar-refractivity contribution is -0.203. The van der Waals surface area contributed by atoms with Gasteiger partial charge in [-0.2, -0.15) is 0 Å². The van der Waals surface area contributed by atoms with E-state index in [-0.39, 0.29) is 53.1 Å². The summed E-state index contributed by atoms with van der Waals surface area (Å²) in [6.07, 6.45) is -1.51. The van der Waals surface area contributed by atoms with Crippen LogP contribution in [0, 0.1) is 5.41 Å². The quantitative estimate of drug-likeness (QED) is 0.205. The molecule has 0 unspecified atom stereocenters. The second kappa shape index (κ2) is 15.5. The Morgan fingerprint density at radius 3 is 1.74 bits per heavy atom. The summed E-state index contributed by atoms with van der Waals surface area (Å²) in [6, 6.07) is -0.737. The number of rotatable bonds is 10. The fraction of sp³-hybridized carbons (Fsp3) is 0.727. The number of allylic oxidation sites excluding steroid dienone is 3. The van der Waals surface area contributed by atoms with Crippen LogP contribution in [0.15, 0.2) is 46.7 Å². The smallest absolute Gasteiger partial charge is 0.330 e. The number of amides is 3. The molecule has 6 heterocycles. The van der Waals surface area contributed by atoms with Gasteiger partial charge >= 0.3 is 11.7 Å². The summed E-state index contributed by atoms with van der Waals surface area (Å²) >= 11 is 0. The van der Waals surface area contributed by atoms with Crippen molar-refractivity contribution in [2.75, 3.05) is 13.2 Å². The molecule has 5 aliphatic heterocycles. The van der Waals surface area contributed by atoms with E-state index < -0.39 is 112 Å². The van der Waals surface area contributed by atoms with Gasteiger partial charge in [-0.25, -0.2) is 9.59 Å². The summed E-state index contributed by atoms with van der Waals surface area (Å²) < 4.78 is 53.9. The third-order valence-electron chi connectivity index (χ3n) is 14.5. The summed E-state index contributed by atoms with van der Waals surface area (Å²) in [7, 11) is -4.50. The Bertz CT molecular complexity index is 2150. The number of nitrogens with zero attached hydrogens (tertiary/aromatic N) is 2. The molecule has 0 bridgehead atoms. The van der Waals surface area contributed by atoms with E-state index in [1.165, 1.54) is 15.5 Å². The number of fused-ring (bicyclic) bond motifs is 3. The number of ether oxygens (including phenoxy) is 6. The minimum Gasteiger partial charge on any atom is -0.414 e. The highest BCUT2D eigenvalue weighted by Gasteiger charge is 2.65. The van der Waals surface area contributed by atoms with Gasteiger partial charge in [0.25, 0.3) is 5.56 Å². The number of urea groups is 1. The van der Waals surface area contributed by atoms with Crippen molar-refractivity contribution in [1.82, 2.24) is 19.8 Å². The van der Waals surface area contributed by atoms with Gasteiger partial charge in [0.15, 0.2) is 40.7 Å². The van der Waals surface area contributed by atoms with Gasteiger partial charge in [0, 0.05) is 22.9 Å². The predicted octanol–water partition coefficient (Wildman–Crippen LogP) is 6.07. The molecule has 16 nitrogen and oxygen atoms in total. The van der Waals surface area contributed by atoms with E-state index in [9.17, 15) is 19.2 Å². The Morgan fingerprint density at radius 2 is 1.26 bits per heavy atom. The van der Waals surface area contributed by atoms with E-state index in [0.717, 1.165) is 0 Å². The van der Waals surface area contributed by atoms with Gasteiger partial charge in [-0.1, -0.05) is 60.3 Å². The van der Waals surface area contributed by atoms with Gasteiger partial charge in [-0.05, 0) is 82.9 Å². The maximum atomic E-state index is 14.8. The maximum absolute atomic E-state index is 14.8. The van der Waals surface area contributed by atoms with Crippen LogP contribution in [0.25, 0.3) is 0 Å². The third kappa shape index (κ3) is 7.72. The highest BCUT2D eigenvalue weighted by Crippen LogP contribution is 2.56. The highest BCUT2D eigenvalue weighted by molar-refractivity contribution is 6.74. The first-order chi connectivity index (χ1) is 28.5. The number of imide groups is 1. The van der Waals surface area contributed by atoms with Gasteiger partial charge < -0.3 is 37.3 Å². The third-order valence-corrected chi connectivity index (χ3v) is 23.5. The van der Waals surface area contributed by atoms with E-state index >= 15 is 0 Å². The van der Waals surface area contributed by atoms with Crippen molar-refractivity contribution in [3.8, 4) is 0 Å². The van der Waals surface area contributed by atoms with Crippen LogP contribution in [0.4, 0.5) is 4.79 Å². The standard InChI is InChI=1S/C44H68N4O12Si2/c1-17-19-28-44(37(50)46-39(52)47(28)35-32-30(57-42(9,10)59-32)26(55-35)22-53-61(13,14)40(3,4)5)21-20-24-29(25(44)18-2)48(38(51)45-34(24)49)36-33-31(58-43(11,12)60-33)27(56-36)23-54-62(15,16)41(6,7)8/h17-19,25-27,30-33,35-36H,1-2,20-23H2,3-16H3,(H,45,49,51)(H,46,50,52)/b28-19-/t25-,26+,27+,30+,31+,32+,33+,35+,36+,44+/m0/s1. The molecule has 6 aliphatic rings. The number of aromatic nitrogens is 2. The molecule has 5 fully saturated rings. The van der Waals surface area contributed by atoms with E-state index in [2.05, 4.69) is 91.2 Å². The molecule has 1 spiro atoms. The Hall–Kier alpha value is -3.05. The van der Waals surface area contributed by atoms with Crippen LogP contribution in [0.3, 0.4) is 0 Å². The Balaban J connectivity index is 1.31. The number of carbonyl (C=O) groups is 2. The lowest BCUT2D eigenvalue weighted by Gasteiger charge is -2.51. The molecule has 10 atom stereocenters. The van der Waals surface area contributed by atoms with Crippen molar-refractivity contribution in [3.05, 3.63) is 69.2 Å². The van der Waals surface area contributed by atoms with Gasteiger partial charge in [0.05, 0.1) is 13.2 Å². The number of hydrogen-bond acceptors (Lipinski definition) is 12. The van der Waals surface area contributed by atoms with Crippen LogP contribution < -0.4 is 16.6 Å². The Kier molecular flexibility index (Phi) is 11.8. The van der Waals surface area contributed by atoms with Crippen LogP contribution in [0.1, 0.15) is 99.1 Å². The minimum absolute atomic E-state index is 0.0496. The van der Waals surface area contributed by atoms with Gasteiger partial charge in [-0.15, -0.1) is 6.58 Å². The molecule has 7 rings (SSSR count). The van der Waals surface area contributed by atoms with Crippen LogP contribution in [0.2, 0.25) is 36.3 Å². The number of hydrogen-bond donors (Lipinski definition) is 2. The summed E-state index contributed by atoms with van der Waals surface area (Å²) in [5, 5.41) is 2.46. The van der Waals surface area contributed by atoms with Crippen LogP contribution in [-0.2, 0) is 48.5 Å². The Labute approximate surface area is 366 Å². The molecule has 62 heavy (non-hydrogen) atoms. The molecule has 0 radical (unpaired) electrons. The van der Waals surface area contributed by atoms with Crippen molar-refractivity contribution in [2.45, 2.75) is 185 Å². The average Bonchev–Trinajstić information content (AvgIpc) is 3.84. The first-order valence-corrected chi connectivity index (χ1v) is 27.6. The lowest BCUT2D eigenvalue weighted by Crippen LogP contribution is -2.65. The van der Waals surface area contributed by atoms with Gasteiger partial charge in [0.1, 0.15) is 42.0 Å². The van der Waals surface area contributed by atoms with Crippen LogP contribution in [0.5, 0.6) is 0 Å². The van der Waals surface area contributed by atoms with Crippen molar-refractivity contribution in [3.63, 3.8) is 0 Å². The zero-order chi connectivity index (χ0) is 45.9. The van der Waals surface area contributed by atoms with Crippen LogP contribution >= 0.6 is 0 Å². The number of nitrogens with one attached hydrogen (secondary N) is 2. The molecule has 1 aromatic rings. The molecule has 0 aromatic carbocycles. The molecule has 0 saturated carbocycles. The van der Waals surface area contributed by atoms with Crippen molar-refractivity contribution < 1.29 is 46.9 Å². The lowest BCUT2D eigenvalue weighted by atomic mass is 9.61. The molecule has 344 valence electrons. The molecule has 18 heteroatoms. The number of H-pyrrole nitrogens is 1. The topological polar surface area (TPSA) is 178 Å². The summed E-state index contributed by atoms with van der Waals surface area (Å²) in [5.41, 5.74) is -2.23. The van der Waals surface area contributed by atoms with Crippen molar-refractivity contribution in [2.24, 2.45) is 5.41 Å². The Morgan fingerprint density at radius 1 is 0.774 bits per heavy atom. The minimum atomic E-state index is -2.26. The second-order valence-corrected chi connectivity index (χ2v) is 31.1. The normalized spacial score (nSPS) is 35.0. The summed E-state index contributed by atoms with van der Waals surface area (Å²) in [6.45, 7) is 37.3. The predicted molar refractivity (Wildman–Crippen MR) is 235 cm³/mol. The SMILES string of the molecule is C=C/C=C1\N([C@@H]2O[C@H](CO[Si](C)(C)C(C)(C)C)[C@H]3OC(C)(C)O[C@H]32)C(=O)NC(=O)[C@@]12CCc1c(n([C@@H]3O[C@H](CO[Si](C)(C)C(C)(C)C)[C@H]4OC(C)(C)O[C@H]43)c(=O)[nH]c1=O)[C@@H]2C=C. The summed E-state index contributed by atoms with van der Waals surface area (Å²) in [5.74, 6) is -3.75. The number of aromatic amines is 1. The van der Waals surface area contributed by atoms with Gasteiger partial charge in [0.2, 0.25) is 5.91 Å². The average molecular weight is 901 g/mol. The van der Waals surface area contributed by atoms with E-state index in [0.29, 0.717) is 0 Å². The largest absolute Gasteiger partial charge is 0.414 e. The summed E-state index contributed by atoms with van der Waals surface area (Å²) in [4.78, 5) is 61.4. The van der Waals surface area contributed by atoms with E-state index in [4.69, 9.17) is 37.3 Å². The molecule has 1 aromatic heterocycles. The highest BCUT2D eigenvalue weighted by atomic mass is 28.4. The molecular formula is C44H68N4O12Si2. The van der Waals surface area contributed by atoms with Gasteiger partial charge in [-0.3, -0.25) is 29.4 Å². The second-order valence-electron chi connectivity index (χ2n) is 21.5. The molecule has 1 aliphatic carbocycles. The van der Waals surface area contributed by atoms with Crippen molar-refractivity contribution >= 4 is 28.6 Å². The first-order valence-electron chi connectivity index (χ1n) is 21.8. The van der Waals surface area contributed by atoms with E-state index in [1.54, 1.807) is 39.8 Å². The zero-order valence-corrected chi connectivity index (χ0v) is 41.0. The zero-order valence-electron chi connectivity index (χ0n) is 39.0. The maximum Gasteiger partial charge on any atom is 0.330 e. The molecular weight excluding hydrogens is 833 g/mol. The molecule has 3 amide bonds. The fourth-order valence-electron chi connectivity index (χ4n) is 9.32. The fourth-order valence-corrected chi connectivity index (χ4v) is 11.3. The molecule has 2 N–H and O–H groups in total. The van der Waals surface area contributed by atoms with Crippen LogP contribution in [-0.4, -0.2) is 111 Å².